The molecule has 178 valence electrons. The average molecular weight is 515 g/mol. The molecule has 2 aliphatic rings. The number of hydrogen-bond donors (Lipinski definition) is 1. The van der Waals surface area contributed by atoms with Crippen LogP contribution < -0.4 is 19.9 Å². The molecule has 2 aliphatic heterocycles. The van der Waals surface area contributed by atoms with E-state index in [1.165, 1.54) is 16.4 Å². The molecular formula is C22H24Cl2N2O6S. The number of carbonyl (C=O) groups excluding carboxylic acids is 1. The molecule has 2 heterocycles. The second-order valence-corrected chi connectivity index (χ2v) is 11.0. The molecule has 1 fully saturated rings. The first-order valence-electron chi connectivity index (χ1n) is 10.4. The van der Waals surface area contributed by atoms with Crippen LogP contribution in [0.25, 0.3) is 0 Å². The fourth-order valence-corrected chi connectivity index (χ4v) is 6.42. The number of fused-ring (bicyclic) bond motifs is 1. The molecule has 0 saturated carbocycles. The largest absolute Gasteiger partial charge is 0.493 e. The lowest BCUT2D eigenvalue weighted by molar-refractivity contribution is -0.121. The van der Waals surface area contributed by atoms with Crippen molar-refractivity contribution in [2.75, 3.05) is 32.9 Å². The Morgan fingerprint density at radius 1 is 1.12 bits per heavy atom. The van der Waals surface area contributed by atoms with Gasteiger partial charge in [0.15, 0.2) is 11.5 Å². The summed E-state index contributed by atoms with van der Waals surface area (Å²) in [5.74, 6) is 0.781. The van der Waals surface area contributed by atoms with E-state index in [0.717, 1.165) is 0 Å². The molecule has 1 atom stereocenters. The predicted octanol–water partition coefficient (Wildman–Crippen LogP) is 3.49. The number of primary amides is 1. The van der Waals surface area contributed by atoms with Crippen LogP contribution in [0.3, 0.4) is 0 Å². The minimum absolute atomic E-state index is 0.0124. The van der Waals surface area contributed by atoms with E-state index in [2.05, 4.69) is 0 Å². The van der Waals surface area contributed by atoms with Crippen LogP contribution in [-0.4, -0.2) is 51.5 Å². The third-order valence-electron chi connectivity index (χ3n) is 5.75. The normalized spacial score (nSPS) is 20.9. The molecule has 0 bridgehead atoms. The number of hydrogen-bond acceptors (Lipinski definition) is 6. The molecule has 0 unspecified atom stereocenters. The highest BCUT2D eigenvalue weighted by Gasteiger charge is 2.42. The Bertz CT molecular complexity index is 1140. The van der Waals surface area contributed by atoms with E-state index < -0.39 is 21.3 Å². The number of piperidine rings is 1. The van der Waals surface area contributed by atoms with Crippen molar-refractivity contribution in [2.45, 2.75) is 24.2 Å². The van der Waals surface area contributed by atoms with Crippen molar-refractivity contribution in [3.8, 4) is 17.2 Å². The highest BCUT2D eigenvalue weighted by atomic mass is 35.5. The second kappa shape index (κ2) is 9.58. The Labute approximate surface area is 202 Å². The van der Waals surface area contributed by atoms with Crippen molar-refractivity contribution < 1.29 is 27.4 Å². The van der Waals surface area contributed by atoms with Gasteiger partial charge >= 0.3 is 0 Å². The van der Waals surface area contributed by atoms with Crippen LogP contribution in [0.15, 0.2) is 41.3 Å². The van der Waals surface area contributed by atoms with E-state index in [9.17, 15) is 13.2 Å². The molecular weight excluding hydrogens is 491 g/mol. The second-order valence-electron chi connectivity index (χ2n) is 8.25. The molecule has 2 N–H and O–H groups in total. The summed E-state index contributed by atoms with van der Waals surface area (Å²) < 4.78 is 45.4. The molecule has 8 nitrogen and oxygen atoms in total. The Morgan fingerprint density at radius 2 is 1.79 bits per heavy atom. The Balaban J connectivity index is 1.60. The number of sulfonamides is 1. The topological polar surface area (TPSA) is 108 Å². The molecule has 33 heavy (non-hydrogen) atoms. The van der Waals surface area contributed by atoms with Crippen LogP contribution >= 0.6 is 23.2 Å². The van der Waals surface area contributed by atoms with Gasteiger partial charge in [-0.15, -0.1) is 0 Å². The van der Waals surface area contributed by atoms with Crippen molar-refractivity contribution in [2.24, 2.45) is 11.1 Å². The van der Waals surface area contributed by atoms with Gasteiger partial charge in [0.1, 0.15) is 23.9 Å². The SMILES string of the molecule is NC(=O)C[C@@]1(COc2ccc(Cl)cc2)CCCN(S(=O)(=O)c2cc3c(cc2Cl)OCCO3)C1. The number of carbonyl (C=O) groups is 1. The van der Waals surface area contributed by atoms with Gasteiger partial charge in [0.05, 0.1) is 11.6 Å². The van der Waals surface area contributed by atoms with Crippen molar-refractivity contribution in [1.29, 1.82) is 0 Å². The highest BCUT2D eigenvalue weighted by Crippen LogP contribution is 2.41. The van der Waals surface area contributed by atoms with Crippen molar-refractivity contribution in [1.82, 2.24) is 4.31 Å². The van der Waals surface area contributed by atoms with Crippen LogP contribution in [-0.2, 0) is 14.8 Å². The minimum Gasteiger partial charge on any atom is -0.493 e. The van der Waals surface area contributed by atoms with Gasteiger partial charge < -0.3 is 19.9 Å². The first-order chi connectivity index (χ1) is 15.7. The Kier molecular flexibility index (Phi) is 6.95. The van der Waals surface area contributed by atoms with Gasteiger partial charge in [-0.1, -0.05) is 23.2 Å². The zero-order valence-electron chi connectivity index (χ0n) is 17.8. The highest BCUT2D eigenvalue weighted by molar-refractivity contribution is 7.89. The van der Waals surface area contributed by atoms with Gasteiger partial charge in [0, 0.05) is 42.1 Å². The monoisotopic (exact) mass is 514 g/mol. The third-order valence-corrected chi connectivity index (χ3v) is 8.31. The summed E-state index contributed by atoms with van der Waals surface area (Å²) in [4.78, 5) is 11.8. The maximum absolute atomic E-state index is 13.6. The summed E-state index contributed by atoms with van der Waals surface area (Å²) in [7, 11) is -3.98. The van der Waals surface area contributed by atoms with Gasteiger partial charge in [-0.3, -0.25) is 4.79 Å². The summed E-state index contributed by atoms with van der Waals surface area (Å²) in [6.07, 6.45) is 1.12. The fraction of sp³-hybridized carbons (Fsp3) is 0.409. The number of ether oxygens (including phenoxy) is 3. The molecule has 4 rings (SSSR count). The van der Waals surface area contributed by atoms with Crippen molar-refractivity contribution in [3.63, 3.8) is 0 Å². The van der Waals surface area contributed by atoms with E-state index in [1.54, 1.807) is 24.3 Å². The minimum atomic E-state index is -3.98. The van der Waals surface area contributed by atoms with Gasteiger partial charge in [-0.25, -0.2) is 8.42 Å². The molecule has 1 saturated heterocycles. The lowest BCUT2D eigenvalue weighted by Gasteiger charge is -2.41. The van der Waals surface area contributed by atoms with E-state index >= 15 is 0 Å². The van der Waals surface area contributed by atoms with Crippen molar-refractivity contribution >= 4 is 39.1 Å². The number of amides is 1. The fourth-order valence-electron chi connectivity index (χ4n) is 4.20. The molecule has 0 radical (unpaired) electrons. The molecule has 0 spiro atoms. The quantitative estimate of drug-likeness (QED) is 0.605. The van der Waals surface area contributed by atoms with E-state index in [1.807, 2.05) is 0 Å². The maximum atomic E-state index is 13.6. The summed E-state index contributed by atoms with van der Waals surface area (Å²) in [6.45, 7) is 1.16. The number of nitrogens with zero attached hydrogens (tertiary/aromatic N) is 1. The number of halogens is 2. The van der Waals surface area contributed by atoms with Crippen molar-refractivity contribution in [3.05, 3.63) is 46.4 Å². The summed E-state index contributed by atoms with van der Waals surface area (Å²) in [5, 5.41) is 0.614. The lowest BCUT2D eigenvalue weighted by atomic mass is 9.78. The zero-order valence-corrected chi connectivity index (χ0v) is 20.1. The molecule has 2 aromatic carbocycles. The number of nitrogens with two attached hydrogens (primary N) is 1. The summed E-state index contributed by atoms with van der Waals surface area (Å²) >= 11 is 12.2. The molecule has 1 amide bonds. The first kappa shape index (κ1) is 23.9. The van der Waals surface area contributed by atoms with Crippen LogP contribution in [0.5, 0.6) is 17.2 Å². The van der Waals surface area contributed by atoms with E-state index in [0.29, 0.717) is 48.3 Å². The van der Waals surface area contributed by atoms with Gasteiger partial charge in [-0.2, -0.15) is 4.31 Å². The van der Waals surface area contributed by atoms with Gasteiger partial charge in [0.2, 0.25) is 15.9 Å². The Morgan fingerprint density at radius 3 is 2.45 bits per heavy atom. The summed E-state index contributed by atoms with van der Waals surface area (Å²) in [5.41, 5.74) is 4.75. The molecule has 11 heteroatoms. The van der Waals surface area contributed by atoms with Crippen LogP contribution in [0, 0.1) is 5.41 Å². The Hall–Kier alpha value is -2.20. The third kappa shape index (κ3) is 5.32. The molecule has 0 aromatic heterocycles. The van der Waals surface area contributed by atoms with Gasteiger partial charge in [0.25, 0.3) is 0 Å². The van der Waals surface area contributed by atoms with E-state index in [-0.39, 0.29) is 36.0 Å². The van der Waals surface area contributed by atoms with Gasteiger partial charge in [-0.05, 0) is 37.1 Å². The average Bonchev–Trinajstić information content (AvgIpc) is 2.78. The summed E-state index contributed by atoms with van der Waals surface area (Å²) in [6, 6.07) is 9.66. The zero-order chi connectivity index (χ0) is 23.6. The molecule has 2 aromatic rings. The van der Waals surface area contributed by atoms with Crippen LogP contribution in [0.2, 0.25) is 10.0 Å². The smallest absolute Gasteiger partial charge is 0.244 e. The predicted molar refractivity (Wildman–Crippen MR) is 124 cm³/mol. The maximum Gasteiger partial charge on any atom is 0.244 e. The van der Waals surface area contributed by atoms with Crippen LogP contribution in [0.1, 0.15) is 19.3 Å². The number of rotatable bonds is 7. The van der Waals surface area contributed by atoms with E-state index in [4.69, 9.17) is 43.1 Å². The lowest BCUT2D eigenvalue weighted by Crippen LogP contribution is -2.50. The van der Waals surface area contributed by atoms with Crippen LogP contribution in [0.4, 0.5) is 0 Å². The standard InChI is InChI=1S/C22H24Cl2N2O6S/c23-15-2-4-16(5-3-15)32-14-22(12-21(25)27)6-1-7-26(13-22)33(28,29)20-11-19-18(10-17(20)24)30-8-9-31-19/h2-5,10-11H,1,6-9,12-14H2,(H2,25,27)/t22-/m0/s1. The first-order valence-corrected chi connectivity index (χ1v) is 12.6. The molecule has 0 aliphatic carbocycles. The number of benzene rings is 2.